The molecule has 0 bridgehead atoms. The summed E-state index contributed by atoms with van der Waals surface area (Å²) in [4.78, 5) is 0. The van der Waals surface area contributed by atoms with E-state index < -0.39 is 0 Å². The Morgan fingerprint density at radius 1 is 1.55 bits per heavy atom. The first-order valence-corrected chi connectivity index (χ1v) is 4.30. The monoisotopic (exact) mass is 154 g/mol. The van der Waals surface area contributed by atoms with Crippen LogP contribution in [0.4, 0.5) is 0 Å². The van der Waals surface area contributed by atoms with E-state index in [0.29, 0.717) is 5.92 Å². The molecule has 0 saturated heterocycles. The molecule has 11 heavy (non-hydrogen) atoms. The van der Waals surface area contributed by atoms with Crippen molar-refractivity contribution in [1.29, 1.82) is 0 Å². The van der Waals surface area contributed by atoms with E-state index in [1.54, 1.807) is 0 Å². The number of aliphatic hydroxyl groups is 1. The zero-order chi connectivity index (χ0) is 8.65. The van der Waals surface area contributed by atoms with Crippen molar-refractivity contribution in [3.05, 3.63) is 11.6 Å². The van der Waals surface area contributed by atoms with Gasteiger partial charge >= 0.3 is 0 Å². The molecule has 1 N–H and O–H groups in total. The molecule has 2 unspecified atom stereocenters. The minimum absolute atomic E-state index is 0.0677. The molecule has 0 aromatic heterocycles. The third-order valence-corrected chi connectivity index (χ3v) is 2.57. The number of hydrogen-bond acceptors (Lipinski definition) is 1. The van der Waals surface area contributed by atoms with Crippen LogP contribution < -0.4 is 0 Å². The van der Waals surface area contributed by atoms with Crippen LogP contribution in [-0.2, 0) is 0 Å². The highest BCUT2D eigenvalue weighted by Crippen LogP contribution is 2.37. The maximum atomic E-state index is 9.75. The summed E-state index contributed by atoms with van der Waals surface area (Å²) in [5.41, 5.74) is 1.20. The van der Waals surface area contributed by atoms with Gasteiger partial charge in [0.25, 0.3) is 0 Å². The van der Waals surface area contributed by atoms with Crippen molar-refractivity contribution in [2.45, 2.75) is 40.2 Å². The highest BCUT2D eigenvalue weighted by Gasteiger charge is 2.33. The fourth-order valence-electron chi connectivity index (χ4n) is 2.16. The fourth-order valence-corrected chi connectivity index (χ4v) is 2.16. The first kappa shape index (κ1) is 8.79. The van der Waals surface area contributed by atoms with Gasteiger partial charge in [0, 0.05) is 0 Å². The van der Waals surface area contributed by atoms with Crippen molar-refractivity contribution >= 4 is 0 Å². The maximum absolute atomic E-state index is 9.75. The van der Waals surface area contributed by atoms with E-state index in [9.17, 15) is 5.11 Å². The van der Waals surface area contributed by atoms with Crippen molar-refractivity contribution in [2.24, 2.45) is 11.3 Å². The van der Waals surface area contributed by atoms with E-state index in [1.165, 1.54) is 0 Å². The van der Waals surface area contributed by atoms with Gasteiger partial charge in [0.05, 0.1) is 6.10 Å². The Morgan fingerprint density at radius 3 is 2.55 bits per heavy atom. The van der Waals surface area contributed by atoms with Crippen molar-refractivity contribution < 1.29 is 5.11 Å². The summed E-state index contributed by atoms with van der Waals surface area (Å²) in [5.74, 6) is 0.619. The topological polar surface area (TPSA) is 20.2 Å². The van der Waals surface area contributed by atoms with Crippen LogP contribution in [0.3, 0.4) is 0 Å². The van der Waals surface area contributed by atoms with E-state index in [1.807, 2.05) is 6.92 Å². The summed E-state index contributed by atoms with van der Waals surface area (Å²) >= 11 is 0. The molecule has 1 rings (SSSR count). The Labute approximate surface area is 69.1 Å². The fraction of sp³-hybridized carbons (Fsp3) is 0.800. The molecular formula is C10H18O. The van der Waals surface area contributed by atoms with Gasteiger partial charge < -0.3 is 5.11 Å². The molecule has 2 atom stereocenters. The van der Waals surface area contributed by atoms with Gasteiger partial charge in [-0.25, -0.2) is 0 Å². The van der Waals surface area contributed by atoms with Crippen molar-refractivity contribution in [1.82, 2.24) is 0 Å². The number of hydrogen-bond donors (Lipinski definition) is 1. The van der Waals surface area contributed by atoms with Gasteiger partial charge in [-0.1, -0.05) is 26.8 Å². The van der Waals surface area contributed by atoms with Crippen molar-refractivity contribution in [3.8, 4) is 0 Å². The van der Waals surface area contributed by atoms with Crippen molar-refractivity contribution in [3.63, 3.8) is 0 Å². The molecule has 0 heterocycles. The lowest BCUT2D eigenvalue weighted by molar-refractivity contribution is 0.0562. The molecule has 1 heteroatoms. The smallest absolute Gasteiger partial charge is 0.0798 e. The minimum Gasteiger partial charge on any atom is -0.388 e. The third kappa shape index (κ3) is 1.64. The normalized spacial score (nSPS) is 36.6. The van der Waals surface area contributed by atoms with Crippen LogP contribution >= 0.6 is 0 Å². The van der Waals surface area contributed by atoms with E-state index in [0.717, 1.165) is 12.0 Å². The Morgan fingerprint density at radius 2 is 2.09 bits per heavy atom. The third-order valence-electron chi connectivity index (χ3n) is 2.57. The molecular weight excluding hydrogens is 136 g/mol. The molecule has 0 saturated carbocycles. The van der Waals surface area contributed by atoms with Crippen LogP contribution in [-0.4, -0.2) is 11.2 Å². The second kappa shape index (κ2) is 2.63. The van der Waals surface area contributed by atoms with Crippen LogP contribution in [0.25, 0.3) is 0 Å². The molecule has 0 fully saturated rings. The van der Waals surface area contributed by atoms with E-state index >= 15 is 0 Å². The van der Waals surface area contributed by atoms with Gasteiger partial charge in [-0.2, -0.15) is 0 Å². The first-order chi connectivity index (χ1) is 4.93. The summed E-state index contributed by atoms with van der Waals surface area (Å²) in [5, 5.41) is 9.75. The molecule has 0 amide bonds. The summed E-state index contributed by atoms with van der Waals surface area (Å²) in [6.45, 7) is 8.48. The Balaban J connectivity index is 2.86. The second-order valence-corrected chi connectivity index (χ2v) is 4.48. The average molecular weight is 154 g/mol. The number of rotatable bonds is 0. The molecule has 0 aliphatic heterocycles. The minimum atomic E-state index is -0.237. The molecule has 1 nitrogen and oxygen atoms in total. The summed E-state index contributed by atoms with van der Waals surface area (Å²) < 4.78 is 0. The van der Waals surface area contributed by atoms with Crippen LogP contribution in [0.1, 0.15) is 34.1 Å². The van der Waals surface area contributed by atoms with Crippen LogP contribution in [0.5, 0.6) is 0 Å². The molecule has 0 aromatic carbocycles. The van der Waals surface area contributed by atoms with Gasteiger partial charge in [-0.3, -0.25) is 0 Å². The van der Waals surface area contributed by atoms with Gasteiger partial charge in [0.2, 0.25) is 0 Å². The molecule has 1 aliphatic carbocycles. The highest BCUT2D eigenvalue weighted by atomic mass is 16.3. The summed E-state index contributed by atoms with van der Waals surface area (Å²) in [6, 6.07) is 0. The molecule has 0 aromatic rings. The zero-order valence-corrected chi connectivity index (χ0v) is 7.89. The lowest BCUT2D eigenvalue weighted by atomic mass is 9.71. The first-order valence-electron chi connectivity index (χ1n) is 4.30. The SMILES string of the molecule is CC1=CC(C)CC(C)(C)C1O. The van der Waals surface area contributed by atoms with Gasteiger partial charge in [0.15, 0.2) is 0 Å². The summed E-state index contributed by atoms with van der Waals surface area (Å²) in [7, 11) is 0. The lowest BCUT2D eigenvalue weighted by Crippen LogP contribution is -2.35. The number of allylic oxidation sites excluding steroid dienone is 1. The zero-order valence-electron chi connectivity index (χ0n) is 7.89. The standard InChI is InChI=1S/C10H18O/c1-7-5-8(2)9(11)10(3,4)6-7/h5,7,9,11H,6H2,1-4H3. The van der Waals surface area contributed by atoms with Crippen molar-refractivity contribution in [2.75, 3.05) is 0 Å². The maximum Gasteiger partial charge on any atom is 0.0798 e. The highest BCUT2D eigenvalue weighted by molar-refractivity contribution is 5.14. The Hall–Kier alpha value is -0.300. The number of aliphatic hydroxyl groups excluding tert-OH is 1. The van der Waals surface area contributed by atoms with Crippen LogP contribution in [0.15, 0.2) is 11.6 Å². The van der Waals surface area contributed by atoms with E-state index in [4.69, 9.17) is 0 Å². The van der Waals surface area contributed by atoms with Crippen LogP contribution in [0, 0.1) is 11.3 Å². The largest absolute Gasteiger partial charge is 0.388 e. The molecule has 0 radical (unpaired) electrons. The van der Waals surface area contributed by atoms with Gasteiger partial charge in [0.1, 0.15) is 0 Å². The second-order valence-electron chi connectivity index (χ2n) is 4.48. The molecule has 1 aliphatic rings. The molecule has 64 valence electrons. The van der Waals surface area contributed by atoms with Crippen LogP contribution in [0.2, 0.25) is 0 Å². The van der Waals surface area contributed by atoms with Gasteiger partial charge in [-0.05, 0) is 30.3 Å². The summed E-state index contributed by atoms with van der Waals surface area (Å²) in [6.07, 6.45) is 3.03. The Kier molecular flexibility index (Phi) is 2.10. The molecule has 0 spiro atoms. The quantitative estimate of drug-likeness (QED) is 0.531. The predicted molar refractivity (Wildman–Crippen MR) is 47.3 cm³/mol. The van der Waals surface area contributed by atoms with E-state index in [2.05, 4.69) is 26.8 Å². The Bertz CT molecular complexity index is 179. The lowest BCUT2D eigenvalue weighted by Gasteiger charge is -2.37. The van der Waals surface area contributed by atoms with E-state index in [-0.39, 0.29) is 11.5 Å². The predicted octanol–water partition coefficient (Wildman–Crippen LogP) is 2.36. The van der Waals surface area contributed by atoms with Gasteiger partial charge in [-0.15, -0.1) is 0 Å². The average Bonchev–Trinajstić information content (AvgIpc) is 1.81.